The molecule has 3 nitrogen and oxygen atoms in total. The molecule has 0 amide bonds. The maximum absolute atomic E-state index is 9.68. The molecular weight excluding hydrogens is 228 g/mol. The van der Waals surface area contributed by atoms with Crippen LogP contribution in [-0.2, 0) is 11.3 Å². The van der Waals surface area contributed by atoms with E-state index in [0.717, 1.165) is 12.0 Å². The minimum atomic E-state index is -0.634. The molecular formula is C15H22O3. The number of hydrogen-bond acceptors (Lipinski definition) is 3. The lowest BCUT2D eigenvalue weighted by molar-refractivity contribution is 0.00837. The maximum Gasteiger partial charge on any atom is 0.0801 e. The minimum absolute atomic E-state index is 0.242. The third-order valence-corrected chi connectivity index (χ3v) is 2.53. The van der Waals surface area contributed by atoms with E-state index in [-0.39, 0.29) is 6.61 Å². The highest BCUT2D eigenvalue weighted by molar-refractivity contribution is 5.13. The third kappa shape index (κ3) is 6.55. The molecule has 0 radical (unpaired) electrons. The van der Waals surface area contributed by atoms with Gasteiger partial charge in [0.05, 0.1) is 25.4 Å². The van der Waals surface area contributed by atoms with Gasteiger partial charge in [-0.2, -0.15) is 0 Å². The van der Waals surface area contributed by atoms with Crippen LogP contribution in [0.3, 0.4) is 0 Å². The third-order valence-electron chi connectivity index (χ3n) is 2.53. The molecule has 1 aromatic carbocycles. The number of allylic oxidation sites excluding steroid dienone is 1. The van der Waals surface area contributed by atoms with E-state index in [2.05, 4.69) is 0 Å². The SMILES string of the molecule is CC/C=C/[C@@H](O)C[C@@H](O)COCc1ccccc1. The van der Waals surface area contributed by atoms with Crippen molar-refractivity contribution in [3.8, 4) is 0 Å². The summed E-state index contributed by atoms with van der Waals surface area (Å²) in [7, 11) is 0. The molecule has 1 aromatic rings. The zero-order valence-corrected chi connectivity index (χ0v) is 10.8. The first kappa shape index (κ1) is 14.9. The van der Waals surface area contributed by atoms with Crippen LogP contribution in [0, 0.1) is 0 Å². The van der Waals surface area contributed by atoms with Gasteiger partial charge in [-0.25, -0.2) is 0 Å². The first-order chi connectivity index (χ1) is 8.72. The van der Waals surface area contributed by atoms with Crippen LogP contribution >= 0.6 is 0 Å². The molecule has 3 heteroatoms. The first-order valence-corrected chi connectivity index (χ1v) is 6.36. The van der Waals surface area contributed by atoms with Crippen LogP contribution < -0.4 is 0 Å². The zero-order valence-electron chi connectivity index (χ0n) is 10.8. The second-order valence-corrected chi connectivity index (χ2v) is 4.29. The molecule has 18 heavy (non-hydrogen) atoms. The van der Waals surface area contributed by atoms with Crippen molar-refractivity contribution in [2.45, 2.75) is 38.6 Å². The summed E-state index contributed by atoms with van der Waals surface area (Å²) >= 11 is 0. The van der Waals surface area contributed by atoms with Crippen LogP contribution in [0.1, 0.15) is 25.3 Å². The van der Waals surface area contributed by atoms with Crippen LogP contribution in [0.5, 0.6) is 0 Å². The molecule has 0 aromatic heterocycles. The van der Waals surface area contributed by atoms with Crippen molar-refractivity contribution in [3.63, 3.8) is 0 Å². The van der Waals surface area contributed by atoms with E-state index < -0.39 is 12.2 Å². The van der Waals surface area contributed by atoms with E-state index >= 15 is 0 Å². The maximum atomic E-state index is 9.68. The highest BCUT2D eigenvalue weighted by Gasteiger charge is 2.09. The Labute approximate surface area is 109 Å². The number of hydrogen-bond donors (Lipinski definition) is 2. The van der Waals surface area contributed by atoms with E-state index in [9.17, 15) is 10.2 Å². The molecule has 0 fully saturated rings. The summed E-state index contributed by atoms with van der Waals surface area (Å²) in [5.41, 5.74) is 1.08. The van der Waals surface area contributed by atoms with E-state index in [4.69, 9.17) is 4.74 Å². The summed E-state index contributed by atoms with van der Waals surface area (Å²) in [6, 6.07) is 9.81. The Morgan fingerprint density at radius 2 is 1.94 bits per heavy atom. The Kier molecular flexibility index (Phi) is 7.34. The Hall–Kier alpha value is -1.16. The van der Waals surface area contributed by atoms with Crippen LogP contribution in [-0.4, -0.2) is 29.0 Å². The Morgan fingerprint density at radius 3 is 2.61 bits per heavy atom. The molecule has 2 atom stereocenters. The molecule has 0 saturated carbocycles. The van der Waals surface area contributed by atoms with Crippen LogP contribution in [0.25, 0.3) is 0 Å². The summed E-state index contributed by atoms with van der Waals surface area (Å²) in [4.78, 5) is 0. The van der Waals surface area contributed by atoms with Crippen molar-refractivity contribution in [3.05, 3.63) is 48.0 Å². The number of ether oxygens (including phenoxy) is 1. The van der Waals surface area contributed by atoms with Gasteiger partial charge in [-0.05, 0) is 12.0 Å². The van der Waals surface area contributed by atoms with E-state index in [1.807, 2.05) is 43.3 Å². The molecule has 0 aliphatic carbocycles. The second kappa shape index (κ2) is 8.86. The predicted octanol–water partition coefficient (Wildman–Crippen LogP) is 2.28. The lowest BCUT2D eigenvalue weighted by Gasteiger charge is -2.13. The number of aliphatic hydroxyl groups excluding tert-OH is 2. The average Bonchev–Trinajstić information content (AvgIpc) is 2.37. The minimum Gasteiger partial charge on any atom is -0.391 e. The van der Waals surface area contributed by atoms with Gasteiger partial charge in [0, 0.05) is 6.42 Å². The van der Waals surface area contributed by atoms with Gasteiger partial charge in [-0.3, -0.25) is 0 Å². The standard InChI is InChI=1S/C15H22O3/c1-2-3-9-14(16)10-15(17)12-18-11-13-7-5-4-6-8-13/h3-9,14-17H,2,10-12H2,1H3/b9-3+/t14-,15-/m1/s1. The summed E-state index contributed by atoms with van der Waals surface area (Å²) in [5.74, 6) is 0. The van der Waals surface area contributed by atoms with Gasteiger partial charge in [-0.1, -0.05) is 49.4 Å². The average molecular weight is 250 g/mol. The Balaban J connectivity index is 2.17. The molecule has 0 saturated heterocycles. The van der Waals surface area contributed by atoms with E-state index in [1.165, 1.54) is 0 Å². The van der Waals surface area contributed by atoms with Crippen molar-refractivity contribution in [1.82, 2.24) is 0 Å². The lowest BCUT2D eigenvalue weighted by atomic mass is 10.1. The summed E-state index contributed by atoms with van der Waals surface area (Å²) in [6.45, 7) is 2.73. The summed E-state index contributed by atoms with van der Waals surface area (Å²) in [6.07, 6.45) is 3.57. The molecule has 0 aliphatic rings. The normalized spacial score (nSPS) is 14.8. The van der Waals surface area contributed by atoms with Crippen molar-refractivity contribution < 1.29 is 14.9 Å². The largest absolute Gasteiger partial charge is 0.391 e. The van der Waals surface area contributed by atoms with Crippen LogP contribution in [0.2, 0.25) is 0 Å². The first-order valence-electron chi connectivity index (χ1n) is 6.36. The van der Waals surface area contributed by atoms with Crippen molar-refractivity contribution >= 4 is 0 Å². The van der Waals surface area contributed by atoms with Gasteiger partial charge in [0.2, 0.25) is 0 Å². The fourth-order valence-electron chi connectivity index (χ4n) is 1.61. The van der Waals surface area contributed by atoms with E-state index in [1.54, 1.807) is 6.08 Å². The van der Waals surface area contributed by atoms with Crippen molar-refractivity contribution in [2.24, 2.45) is 0 Å². The molecule has 0 heterocycles. The summed E-state index contributed by atoms with van der Waals surface area (Å²) < 4.78 is 5.40. The monoisotopic (exact) mass is 250 g/mol. The van der Waals surface area contributed by atoms with E-state index in [0.29, 0.717) is 13.0 Å². The van der Waals surface area contributed by atoms with Crippen LogP contribution in [0.4, 0.5) is 0 Å². The van der Waals surface area contributed by atoms with Crippen molar-refractivity contribution in [1.29, 1.82) is 0 Å². The molecule has 0 spiro atoms. The Bertz CT molecular complexity index is 335. The quantitative estimate of drug-likeness (QED) is 0.696. The fourth-order valence-corrected chi connectivity index (χ4v) is 1.61. The van der Waals surface area contributed by atoms with Gasteiger partial charge >= 0.3 is 0 Å². The Morgan fingerprint density at radius 1 is 1.22 bits per heavy atom. The highest BCUT2D eigenvalue weighted by Crippen LogP contribution is 2.04. The number of rotatable bonds is 8. The molecule has 0 aliphatic heterocycles. The van der Waals surface area contributed by atoms with Gasteiger partial charge in [0.1, 0.15) is 0 Å². The molecule has 1 rings (SSSR count). The molecule has 2 N–H and O–H groups in total. The van der Waals surface area contributed by atoms with Crippen LogP contribution in [0.15, 0.2) is 42.5 Å². The number of aliphatic hydroxyl groups is 2. The second-order valence-electron chi connectivity index (χ2n) is 4.29. The zero-order chi connectivity index (χ0) is 13.2. The summed E-state index contributed by atoms with van der Waals surface area (Å²) in [5, 5.41) is 19.2. The molecule has 0 unspecified atom stereocenters. The van der Waals surface area contributed by atoms with Gasteiger partial charge in [0.15, 0.2) is 0 Å². The molecule has 0 bridgehead atoms. The van der Waals surface area contributed by atoms with Gasteiger partial charge in [0.25, 0.3) is 0 Å². The topological polar surface area (TPSA) is 49.7 Å². The smallest absolute Gasteiger partial charge is 0.0801 e. The molecule has 100 valence electrons. The highest BCUT2D eigenvalue weighted by atomic mass is 16.5. The predicted molar refractivity (Wildman–Crippen MR) is 72.2 cm³/mol. The fraction of sp³-hybridized carbons (Fsp3) is 0.467. The lowest BCUT2D eigenvalue weighted by Crippen LogP contribution is -2.21. The van der Waals surface area contributed by atoms with Crippen molar-refractivity contribution in [2.75, 3.05) is 6.61 Å². The van der Waals surface area contributed by atoms with Gasteiger partial charge < -0.3 is 14.9 Å². The van der Waals surface area contributed by atoms with Gasteiger partial charge in [-0.15, -0.1) is 0 Å². The number of benzene rings is 1.